The standard InChI is InChI=1S/C17H19F3N4O3S.HI/c18-17(19,20)27-14-8-6-13(7-9-14)12-23-16(21)22-10-11-24-28(25,26)15-4-2-1-3-5-15;/h1-9,24H,10-12H2,(H3,21,22,23);1H. The van der Waals surface area contributed by atoms with E-state index in [-0.39, 0.29) is 60.2 Å². The monoisotopic (exact) mass is 544 g/mol. The van der Waals surface area contributed by atoms with Gasteiger partial charge >= 0.3 is 6.36 Å². The number of ether oxygens (including phenoxy) is 1. The van der Waals surface area contributed by atoms with E-state index < -0.39 is 16.4 Å². The number of halogens is 4. The van der Waals surface area contributed by atoms with Crippen molar-refractivity contribution >= 4 is 40.0 Å². The summed E-state index contributed by atoms with van der Waals surface area (Å²) in [5.41, 5.74) is 6.31. The van der Waals surface area contributed by atoms with Crippen molar-refractivity contribution in [2.75, 3.05) is 13.1 Å². The highest BCUT2D eigenvalue weighted by atomic mass is 127. The van der Waals surface area contributed by atoms with Crippen molar-refractivity contribution < 1.29 is 26.3 Å². The van der Waals surface area contributed by atoms with E-state index in [1.165, 1.54) is 36.4 Å². The molecule has 12 heteroatoms. The summed E-state index contributed by atoms with van der Waals surface area (Å²) >= 11 is 0. The van der Waals surface area contributed by atoms with Crippen molar-refractivity contribution in [2.24, 2.45) is 10.7 Å². The number of guanidine groups is 1. The Morgan fingerprint density at radius 3 is 2.24 bits per heavy atom. The second-order valence-electron chi connectivity index (χ2n) is 5.53. The average molecular weight is 544 g/mol. The summed E-state index contributed by atoms with van der Waals surface area (Å²) in [6.45, 7) is 0.442. The lowest BCUT2D eigenvalue weighted by molar-refractivity contribution is -0.274. The van der Waals surface area contributed by atoms with Crippen LogP contribution in [0.5, 0.6) is 5.75 Å². The minimum Gasteiger partial charge on any atom is -0.406 e. The number of hydrogen-bond acceptors (Lipinski definition) is 4. The van der Waals surface area contributed by atoms with Crippen LogP contribution in [0.4, 0.5) is 13.2 Å². The summed E-state index contributed by atoms with van der Waals surface area (Å²) in [6.07, 6.45) is -4.74. The van der Waals surface area contributed by atoms with Crippen LogP contribution in [0.1, 0.15) is 5.56 Å². The Morgan fingerprint density at radius 2 is 1.66 bits per heavy atom. The molecular formula is C17H20F3IN4O3S. The number of sulfonamides is 1. The first-order valence-electron chi connectivity index (χ1n) is 8.09. The molecule has 2 aromatic carbocycles. The number of benzene rings is 2. The predicted octanol–water partition coefficient (Wildman–Crippen LogP) is 2.59. The minimum absolute atomic E-state index is 0. The zero-order valence-electron chi connectivity index (χ0n) is 15.0. The SMILES string of the molecule is I.NC(=NCc1ccc(OC(F)(F)F)cc1)NCCNS(=O)(=O)c1ccccc1. The van der Waals surface area contributed by atoms with Gasteiger partial charge in [-0.2, -0.15) is 0 Å². The second-order valence-corrected chi connectivity index (χ2v) is 7.30. The summed E-state index contributed by atoms with van der Waals surface area (Å²) in [7, 11) is -3.59. The summed E-state index contributed by atoms with van der Waals surface area (Å²) in [5.74, 6) is -0.244. The molecule has 0 aromatic heterocycles. The van der Waals surface area contributed by atoms with Crippen LogP contribution in [0.2, 0.25) is 0 Å². The third-order valence-corrected chi connectivity index (χ3v) is 4.84. The zero-order valence-corrected chi connectivity index (χ0v) is 18.2. The van der Waals surface area contributed by atoms with Gasteiger partial charge in [-0.05, 0) is 29.8 Å². The van der Waals surface area contributed by atoms with E-state index in [9.17, 15) is 21.6 Å². The molecule has 29 heavy (non-hydrogen) atoms. The molecule has 0 spiro atoms. The fourth-order valence-electron chi connectivity index (χ4n) is 2.09. The fraction of sp³-hybridized carbons (Fsp3) is 0.235. The van der Waals surface area contributed by atoms with E-state index in [2.05, 4.69) is 19.8 Å². The van der Waals surface area contributed by atoms with E-state index in [1.807, 2.05) is 0 Å². The van der Waals surface area contributed by atoms with E-state index in [0.29, 0.717) is 5.56 Å². The number of nitrogens with zero attached hydrogens (tertiary/aromatic N) is 1. The Hall–Kier alpha value is -2.06. The van der Waals surface area contributed by atoms with Crippen LogP contribution in [-0.2, 0) is 16.6 Å². The van der Waals surface area contributed by atoms with Crippen molar-refractivity contribution in [1.82, 2.24) is 10.0 Å². The lowest BCUT2D eigenvalue weighted by atomic mass is 10.2. The average Bonchev–Trinajstić information content (AvgIpc) is 2.64. The molecule has 4 N–H and O–H groups in total. The highest BCUT2D eigenvalue weighted by Crippen LogP contribution is 2.22. The van der Waals surface area contributed by atoms with Crippen LogP contribution >= 0.6 is 24.0 Å². The quantitative estimate of drug-likeness (QED) is 0.205. The first-order chi connectivity index (χ1) is 13.2. The van der Waals surface area contributed by atoms with Gasteiger partial charge in [-0.15, -0.1) is 37.1 Å². The van der Waals surface area contributed by atoms with Gasteiger partial charge in [-0.25, -0.2) is 18.1 Å². The van der Waals surface area contributed by atoms with Crippen molar-refractivity contribution in [3.05, 3.63) is 60.2 Å². The maximum absolute atomic E-state index is 12.1. The van der Waals surface area contributed by atoms with Crippen LogP contribution < -0.4 is 20.5 Å². The Bertz CT molecular complexity index is 892. The van der Waals surface area contributed by atoms with Gasteiger partial charge in [0.15, 0.2) is 5.96 Å². The maximum atomic E-state index is 12.1. The van der Waals surface area contributed by atoms with Gasteiger partial charge in [0.05, 0.1) is 11.4 Å². The topological polar surface area (TPSA) is 106 Å². The molecule has 0 fully saturated rings. The molecule has 0 radical (unpaired) electrons. The highest BCUT2D eigenvalue weighted by Gasteiger charge is 2.30. The molecule has 0 amide bonds. The zero-order chi connectivity index (χ0) is 20.6. The maximum Gasteiger partial charge on any atom is 0.573 e. The van der Waals surface area contributed by atoms with Crippen molar-refractivity contribution in [3.8, 4) is 5.75 Å². The van der Waals surface area contributed by atoms with E-state index >= 15 is 0 Å². The van der Waals surface area contributed by atoms with Crippen molar-refractivity contribution in [1.29, 1.82) is 0 Å². The van der Waals surface area contributed by atoms with E-state index in [4.69, 9.17) is 5.73 Å². The molecule has 7 nitrogen and oxygen atoms in total. The van der Waals surface area contributed by atoms with Crippen LogP contribution in [-0.4, -0.2) is 33.8 Å². The Morgan fingerprint density at radius 1 is 1.03 bits per heavy atom. The molecule has 0 aliphatic carbocycles. The summed E-state index contributed by atoms with van der Waals surface area (Å²) < 4.78 is 66.5. The van der Waals surface area contributed by atoms with Gasteiger partial charge in [0.25, 0.3) is 0 Å². The van der Waals surface area contributed by atoms with Crippen molar-refractivity contribution in [2.45, 2.75) is 17.8 Å². The first kappa shape index (κ1) is 25.0. The molecule has 0 saturated heterocycles. The molecule has 0 aliphatic rings. The Labute approximate surface area is 183 Å². The van der Waals surface area contributed by atoms with Crippen LogP contribution in [0.3, 0.4) is 0 Å². The highest BCUT2D eigenvalue weighted by molar-refractivity contribution is 14.0. The van der Waals surface area contributed by atoms with Gasteiger partial charge in [0.1, 0.15) is 5.75 Å². The molecule has 0 heterocycles. The van der Waals surface area contributed by atoms with Gasteiger partial charge < -0.3 is 15.8 Å². The molecule has 160 valence electrons. The smallest absolute Gasteiger partial charge is 0.406 e. The van der Waals surface area contributed by atoms with Gasteiger partial charge in [-0.1, -0.05) is 30.3 Å². The molecule has 2 rings (SSSR count). The molecule has 0 atom stereocenters. The molecule has 0 saturated carbocycles. The predicted molar refractivity (Wildman–Crippen MR) is 113 cm³/mol. The fourth-order valence-corrected chi connectivity index (χ4v) is 3.14. The number of alkyl halides is 3. The number of aliphatic imine (C=N–C) groups is 1. The molecule has 2 aromatic rings. The number of nitrogens with two attached hydrogens (primary N) is 1. The van der Waals surface area contributed by atoms with Crippen LogP contribution in [0.15, 0.2) is 64.5 Å². The lowest BCUT2D eigenvalue weighted by Crippen LogP contribution is -2.38. The summed E-state index contributed by atoms with van der Waals surface area (Å²) in [4.78, 5) is 4.20. The first-order valence-corrected chi connectivity index (χ1v) is 9.57. The Balaban J connectivity index is 0.00000420. The third-order valence-electron chi connectivity index (χ3n) is 3.37. The third kappa shape index (κ3) is 9.32. The normalized spacial score (nSPS) is 12.2. The van der Waals surface area contributed by atoms with Gasteiger partial charge in [0.2, 0.25) is 10.0 Å². The van der Waals surface area contributed by atoms with Crippen LogP contribution in [0.25, 0.3) is 0 Å². The summed E-state index contributed by atoms with van der Waals surface area (Å²) in [6, 6.07) is 13.2. The second kappa shape index (κ2) is 11.2. The number of rotatable bonds is 8. The van der Waals surface area contributed by atoms with Crippen molar-refractivity contribution in [3.63, 3.8) is 0 Å². The van der Waals surface area contributed by atoms with Gasteiger partial charge in [0, 0.05) is 13.1 Å². The largest absolute Gasteiger partial charge is 0.573 e. The molecular weight excluding hydrogens is 524 g/mol. The summed E-state index contributed by atoms with van der Waals surface area (Å²) in [5, 5.41) is 2.75. The lowest BCUT2D eigenvalue weighted by Gasteiger charge is -2.09. The van der Waals surface area contributed by atoms with E-state index in [1.54, 1.807) is 18.2 Å². The minimum atomic E-state index is -4.74. The van der Waals surface area contributed by atoms with E-state index in [0.717, 1.165) is 0 Å². The number of nitrogens with one attached hydrogen (secondary N) is 2. The number of hydrogen-bond donors (Lipinski definition) is 3. The molecule has 0 unspecified atom stereocenters. The molecule has 0 bridgehead atoms. The molecule has 0 aliphatic heterocycles. The Kier molecular flexibility index (Phi) is 9.65. The van der Waals surface area contributed by atoms with Gasteiger partial charge in [-0.3, -0.25) is 0 Å². The van der Waals surface area contributed by atoms with Crippen LogP contribution in [0, 0.1) is 0 Å².